The van der Waals surface area contributed by atoms with E-state index in [9.17, 15) is 10.1 Å². The number of hydrogen-bond acceptors (Lipinski definition) is 3. The van der Waals surface area contributed by atoms with Crippen LogP contribution in [0.1, 0.15) is 13.8 Å². The fraction of sp³-hybridized carbons (Fsp3) is 0.333. The molecule has 0 spiro atoms. The van der Waals surface area contributed by atoms with Crippen molar-refractivity contribution in [1.29, 1.82) is 0 Å². The van der Waals surface area contributed by atoms with Crippen molar-refractivity contribution in [1.82, 2.24) is 0 Å². The van der Waals surface area contributed by atoms with E-state index in [-0.39, 0.29) is 5.70 Å². The van der Waals surface area contributed by atoms with Crippen molar-refractivity contribution in [2.75, 3.05) is 7.11 Å². The molecule has 0 aromatic rings. The van der Waals surface area contributed by atoms with Crippen LogP contribution in [-0.4, -0.2) is 12.0 Å². The Hall–Kier alpha value is -1.58. The minimum Gasteiger partial charge on any atom is -0.497 e. The lowest BCUT2D eigenvalue weighted by molar-refractivity contribution is -0.419. The number of hydrogen-bond donors (Lipinski definition) is 0. The van der Waals surface area contributed by atoms with Crippen LogP contribution in [0, 0.1) is 10.1 Å². The molecule has 4 heteroatoms. The molecule has 0 aliphatic carbocycles. The lowest BCUT2D eigenvalue weighted by atomic mass is 10.3. The van der Waals surface area contributed by atoms with E-state index in [1.807, 2.05) is 0 Å². The van der Waals surface area contributed by atoms with E-state index in [2.05, 4.69) is 0 Å². The van der Waals surface area contributed by atoms with Crippen LogP contribution in [0.4, 0.5) is 0 Å². The first-order valence-corrected chi connectivity index (χ1v) is 3.84. The van der Waals surface area contributed by atoms with Crippen molar-refractivity contribution in [3.05, 3.63) is 45.9 Å². The van der Waals surface area contributed by atoms with Crippen molar-refractivity contribution < 1.29 is 9.66 Å². The second-order valence-electron chi connectivity index (χ2n) is 2.22. The van der Waals surface area contributed by atoms with Crippen molar-refractivity contribution in [3.63, 3.8) is 0 Å². The van der Waals surface area contributed by atoms with Crippen LogP contribution in [-0.2, 0) is 4.74 Å². The fourth-order valence-electron chi connectivity index (χ4n) is 0.738. The highest BCUT2D eigenvalue weighted by Crippen LogP contribution is 2.05. The summed E-state index contributed by atoms with van der Waals surface area (Å²) in [6.07, 6.45) is 6.06. The Kier molecular flexibility index (Phi) is 5.27. The van der Waals surface area contributed by atoms with Gasteiger partial charge in [-0.05, 0) is 19.9 Å². The van der Waals surface area contributed by atoms with Crippen LogP contribution in [0.5, 0.6) is 0 Å². The van der Waals surface area contributed by atoms with Crippen molar-refractivity contribution in [2.45, 2.75) is 13.8 Å². The lowest BCUT2D eigenvalue weighted by Crippen LogP contribution is -1.96. The number of ether oxygens (including phenoxy) is 1. The normalized spacial score (nSPS) is 13.5. The largest absolute Gasteiger partial charge is 0.497 e. The minimum atomic E-state index is -0.456. The standard InChI is InChI=1S/C9H13NO3/c1-4-6-8(10(11)12)7-9(5-2)13-3/h4-7H,1-3H3/b6-4?,8-7+,9-5+. The summed E-state index contributed by atoms with van der Waals surface area (Å²) < 4.78 is 4.87. The van der Waals surface area contributed by atoms with Gasteiger partial charge in [-0.3, -0.25) is 10.1 Å². The van der Waals surface area contributed by atoms with Crippen LogP contribution in [0.15, 0.2) is 35.8 Å². The lowest BCUT2D eigenvalue weighted by Gasteiger charge is -1.97. The Balaban J connectivity index is 4.82. The van der Waals surface area contributed by atoms with Crippen molar-refractivity contribution in [2.24, 2.45) is 0 Å². The molecule has 0 aliphatic heterocycles. The molecule has 0 radical (unpaired) electrons. The zero-order chi connectivity index (χ0) is 10.3. The topological polar surface area (TPSA) is 52.4 Å². The summed E-state index contributed by atoms with van der Waals surface area (Å²) in [6.45, 7) is 3.47. The van der Waals surface area contributed by atoms with Gasteiger partial charge in [0.25, 0.3) is 5.70 Å². The van der Waals surface area contributed by atoms with Crippen molar-refractivity contribution in [3.8, 4) is 0 Å². The predicted molar refractivity (Wildman–Crippen MR) is 50.7 cm³/mol. The number of nitro groups is 1. The molecule has 0 aliphatic rings. The van der Waals surface area contributed by atoms with Gasteiger partial charge in [0.05, 0.1) is 18.1 Å². The van der Waals surface area contributed by atoms with E-state index in [4.69, 9.17) is 4.74 Å². The van der Waals surface area contributed by atoms with Gasteiger partial charge in [0.2, 0.25) is 0 Å². The molecule has 0 rings (SSSR count). The maximum atomic E-state index is 10.5. The SMILES string of the molecule is CC=C/C(=C\C(=C/C)OC)[N+](=O)[O-]. The second kappa shape index (κ2) is 5.99. The highest BCUT2D eigenvalue weighted by Gasteiger charge is 2.06. The van der Waals surface area contributed by atoms with Gasteiger partial charge in [-0.2, -0.15) is 0 Å². The second-order valence-corrected chi connectivity index (χ2v) is 2.22. The zero-order valence-electron chi connectivity index (χ0n) is 7.98. The summed E-state index contributed by atoms with van der Waals surface area (Å²) in [5.74, 6) is 0.477. The van der Waals surface area contributed by atoms with Gasteiger partial charge in [0, 0.05) is 6.08 Å². The average Bonchev–Trinajstić information content (AvgIpc) is 2.11. The minimum absolute atomic E-state index is 0.0115. The van der Waals surface area contributed by atoms with Crippen LogP contribution >= 0.6 is 0 Å². The van der Waals surface area contributed by atoms with E-state index in [1.165, 1.54) is 19.3 Å². The molecule has 0 atom stereocenters. The Labute approximate surface area is 77.4 Å². The van der Waals surface area contributed by atoms with Gasteiger partial charge >= 0.3 is 0 Å². The molecule has 0 saturated heterocycles. The van der Waals surface area contributed by atoms with E-state index < -0.39 is 4.92 Å². The third-order valence-corrected chi connectivity index (χ3v) is 1.36. The van der Waals surface area contributed by atoms with Gasteiger partial charge in [0.15, 0.2) is 0 Å². The molecule has 0 heterocycles. The van der Waals surface area contributed by atoms with Crippen LogP contribution < -0.4 is 0 Å². The van der Waals surface area contributed by atoms with Gasteiger partial charge in [-0.25, -0.2) is 0 Å². The summed E-state index contributed by atoms with van der Waals surface area (Å²) in [7, 11) is 1.47. The average molecular weight is 183 g/mol. The summed E-state index contributed by atoms with van der Waals surface area (Å²) >= 11 is 0. The van der Waals surface area contributed by atoms with Gasteiger partial charge in [-0.1, -0.05) is 6.08 Å². The van der Waals surface area contributed by atoms with Crippen molar-refractivity contribution >= 4 is 0 Å². The monoisotopic (exact) mass is 183 g/mol. The third kappa shape index (κ3) is 4.10. The number of methoxy groups -OCH3 is 1. The Morgan fingerprint density at radius 3 is 2.38 bits per heavy atom. The molecule has 72 valence electrons. The Morgan fingerprint density at radius 1 is 1.46 bits per heavy atom. The molecule has 4 nitrogen and oxygen atoms in total. The molecule has 0 N–H and O–H groups in total. The molecular formula is C9H13NO3. The maximum absolute atomic E-state index is 10.5. The summed E-state index contributed by atoms with van der Waals surface area (Å²) in [5, 5.41) is 10.5. The molecule has 0 saturated carbocycles. The summed E-state index contributed by atoms with van der Waals surface area (Å²) in [5.41, 5.74) is 0.0115. The van der Waals surface area contributed by atoms with E-state index in [0.717, 1.165) is 0 Å². The molecule has 0 aromatic carbocycles. The van der Waals surface area contributed by atoms with Gasteiger partial charge in [0.1, 0.15) is 5.76 Å². The number of rotatable bonds is 4. The molecule has 0 aromatic heterocycles. The summed E-state index contributed by atoms with van der Waals surface area (Å²) in [4.78, 5) is 10.0. The van der Waals surface area contributed by atoms with E-state index >= 15 is 0 Å². The quantitative estimate of drug-likeness (QED) is 0.291. The van der Waals surface area contributed by atoms with Gasteiger partial charge < -0.3 is 4.74 Å². The smallest absolute Gasteiger partial charge is 0.272 e. The molecule has 0 bridgehead atoms. The van der Waals surface area contributed by atoms with Crippen LogP contribution in [0.25, 0.3) is 0 Å². The number of allylic oxidation sites excluding steroid dienone is 4. The fourth-order valence-corrected chi connectivity index (χ4v) is 0.738. The first-order chi connectivity index (χ1) is 6.15. The van der Waals surface area contributed by atoms with E-state index in [1.54, 1.807) is 26.0 Å². The maximum Gasteiger partial charge on any atom is 0.272 e. The highest BCUT2D eigenvalue weighted by molar-refractivity contribution is 5.21. The predicted octanol–water partition coefficient (Wildman–Crippen LogP) is 2.27. The first kappa shape index (κ1) is 11.4. The first-order valence-electron chi connectivity index (χ1n) is 3.84. The number of nitrogens with zero attached hydrogens (tertiary/aromatic N) is 1. The van der Waals surface area contributed by atoms with Crippen LogP contribution in [0.3, 0.4) is 0 Å². The molecule has 0 unspecified atom stereocenters. The summed E-state index contributed by atoms with van der Waals surface area (Å²) in [6, 6.07) is 0. The molecular weight excluding hydrogens is 170 g/mol. The third-order valence-electron chi connectivity index (χ3n) is 1.36. The Morgan fingerprint density at radius 2 is 2.08 bits per heavy atom. The van der Waals surface area contributed by atoms with E-state index in [0.29, 0.717) is 5.76 Å². The zero-order valence-corrected chi connectivity index (χ0v) is 7.98. The molecule has 13 heavy (non-hydrogen) atoms. The molecule has 0 amide bonds. The van der Waals surface area contributed by atoms with Gasteiger partial charge in [-0.15, -0.1) is 0 Å². The highest BCUT2D eigenvalue weighted by atomic mass is 16.6. The molecule has 0 fully saturated rings. The Bertz CT molecular complexity index is 264. The van der Waals surface area contributed by atoms with Crippen LogP contribution in [0.2, 0.25) is 0 Å².